The summed E-state index contributed by atoms with van der Waals surface area (Å²) in [5.74, 6) is 0.155. The standard InChI is InChI=1S/C15H16FN/c1-3-11(2)14-10-12(16)7-8-13(14)15-6-4-5-9-17-15/h4-11H,3H2,1-2H3. The minimum atomic E-state index is -0.181. The molecule has 2 aromatic rings. The number of rotatable bonds is 3. The number of halogens is 1. The maximum absolute atomic E-state index is 13.3. The quantitative estimate of drug-likeness (QED) is 0.760. The maximum Gasteiger partial charge on any atom is 0.123 e. The molecular weight excluding hydrogens is 213 g/mol. The lowest BCUT2D eigenvalue weighted by atomic mass is 9.92. The van der Waals surface area contributed by atoms with Crippen molar-refractivity contribution < 1.29 is 4.39 Å². The molecule has 0 radical (unpaired) electrons. The van der Waals surface area contributed by atoms with Gasteiger partial charge in [-0.3, -0.25) is 4.98 Å². The molecule has 0 bridgehead atoms. The van der Waals surface area contributed by atoms with Crippen molar-refractivity contribution in [3.8, 4) is 11.3 Å². The van der Waals surface area contributed by atoms with Gasteiger partial charge in [-0.1, -0.05) is 19.9 Å². The second kappa shape index (κ2) is 5.09. The van der Waals surface area contributed by atoms with Crippen molar-refractivity contribution in [3.05, 3.63) is 54.0 Å². The van der Waals surface area contributed by atoms with Crippen LogP contribution in [0.25, 0.3) is 11.3 Å². The van der Waals surface area contributed by atoms with E-state index in [-0.39, 0.29) is 5.82 Å². The molecule has 1 unspecified atom stereocenters. The Morgan fingerprint density at radius 2 is 2.06 bits per heavy atom. The average Bonchev–Trinajstić information content (AvgIpc) is 2.38. The second-order valence-corrected chi connectivity index (χ2v) is 4.26. The highest BCUT2D eigenvalue weighted by Crippen LogP contribution is 2.30. The molecule has 0 fully saturated rings. The van der Waals surface area contributed by atoms with E-state index < -0.39 is 0 Å². The number of pyridine rings is 1. The first-order valence-corrected chi connectivity index (χ1v) is 5.93. The van der Waals surface area contributed by atoms with E-state index in [1.165, 1.54) is 6.07 Å². The van der Waals surface area contributed by atoms with Crippen LogP contribution in [-0.2, 0) is 0 Å². The van der Waals surface area contributed by atoms with Crippen molar-refractivity contribution in [2.75, 3.05) is 0 Å². The maximum atomic E-state index is 13.3. The van der Waals surface area contributed by atoms with Gasteiger partial charge in [-0.15, -0.1) is 0 Å². The van der Waals surface area contributed by atoms with Crippen molar-refractivity contribution in [2.24, 2.45) is 0 Å². The van der Waals surface area contributed by atoms with Crippen LogP contribution in [0.1, 0.15) is 31.7 Å². The van der Waals surface area contributed by atoms with Gasteiger partial charge in [-0.25, -0.2) is 4.39 Å². The Kier molecular flexibility index (Phi) is 3.52. The number of hydrogen-bond acceptors (Lipinski definition) is 1. The van der Waals surface area contributed by atoms with Crippen LogP contribution in [0, 0.1) is 5.82 Å². The van der Waals surface area contributed by atoms with E-state index in [0.29, 0.717) is 5.92 Å². The zero-order chi connectivity index (χ0) is 12.3. The molecule has 0 saturated heterocycles. The fourth-order valence-corrected chi connectivity index (χ4v) is 1.92. The fraction of sp³-hybridized carbons (Fsp3) is 0.267. The van der Waals surface area contributed by atoms with Gasteiger partial charge < -0.3 is 0 Å². The zero-order valence-corrected chi connectivity index (χ0v) is 10.2. The highest BCUT2D eigenvalue weighted by atomic mass is 19.1. The first-order valence-electron chi connectivity index (χ1n) is 5.93. The van der Waals surface area contributed by atoms with Crippen LogP contribution in [0.4, 0.5) is 4.39 Å². The van der Waals surface area contributed by atoms with Crippen LogP contribution in [0.5, 0.6) is 0 Å². The number of aromatic nitrogens is 1. The van der Waals surface area contributed by atoms with E-state index in [9.17, 15) is 4.39 Å². The summed E-state index contributed by atoms with van der Waals surface area (Å²) in [6, 6.07) is 10.7. The average molecular weight is 229 g/mol. The first kappa shape index (κ1) is 11.8. The molecule has 88 valence electrons. The lowest BCUT2D eigenvalue weighted by Gasteiger charge is -2.14. The van der Waals surface area contributed by atoms with Crippen molar-refractivity contribution in [1.82, 2.24) is 4.98 Å². The Balaban J connectivity index is 2.54. The molecule has 1 atom stereocenters. The van der Waals surface area contributed by atoms with Crippen LogP contribution in [0.3, 0.4) is 0 Å². The highest BCUT2D eigenvalue weighted by molar-refractivity contribution is 5.64. The van der Waals surface area contributed by atoms with Crippen molar-refractivity contribution in [1.29, 1.82) is 0 Å². The largest absolute Gasteiger partial charge is 0.256 e. The molecule has 17 heavy (non-hydrogen) atoms. The molecule has 0 aliphatic rings. The van der Waals surface area contributed by atoms with Gasteiger partial charge in [0.25, 0.3) is 0 Å². The first-order chi connectivity index (χ1) is 8.22. The van der Waals surface area contributed by atoms with E-state index in [4.69, 9.17) is 0 Å². The minimum absolute atomic E-state index is 0.181. The van der Waals surface area contributed by atoms with E-state index >= 15 is 0 Å². The molecule has 2 rings (SSSR count). The lowest BCUT2D eigenvalue weighted by molar-refractivity contribution is 0.620. The summed E-state index contributed by atoms with van der Waals surface area (Å²) in [5, 5.41) is 0. The third-order valence-corrected chi connectivity index (χ3v) is 3.10. The van der Waals surface area contributed by atoms with Crippen molar-refractivity contribution in [2.45, 2.75) is 26.2 Å². The number of hydrogen-bond donors (Lipinski definition) is 0. The fourth-order valence-electron chi connectivity index (χ4n) is 1.92. The number of benzene rings is 1. The Morgan fingerprint density at radius 1 is 1.24 bits per heavy atom. The molecule has 1 heterocycles. The summed E-state index contributed by atoms with van der Waals surface area (Å²) in [5.41, 5.74) is 2.97. The summed E-state index contributed by atoms with van der Waals surface area (Å²) in [6.07, 6.45) is 2.75. The molecule has 0 spiro atoms. The van der Waals surface area contributed by atoms with Crippen LogP contribution >= 0.6 is 0 Å². The molecule has 1 nitrogen and oxygen atoms in total. The Labute approximate surface area is 101 Å². The molecule has 0 N–H and O–H groups in total. The van der Waals surface area contributed by atoms with Gasteiger partial charge in [-0.2, -0.15) is 0 Å². The predicted molar refractivity (Wildman–Crippen MR) is 68.3 cm³/mol. The van der Waals surface area contributed by atoms with Crippen LogP contribution in [-0.4, -0.2) is 4.98 Å². The summed E-state index contributed by atoms with van der Waals surface area (Å²) in [4.78, 5) is 4.33. The van der Waals surface area contributed by atoms with Crippen LogP contribution in [0.2, 0.25) is 0 Å². The molecule has 0 saturated carbocycles. The SMILES string of the molecule is CCC(C)c1cc(F)ccc1-c1ccccn1. The highest BCUT2D eigenvalue weighted by Gasteiger charge is 2.12. The predicted octanol–water partition coefficient (Wildman–Crippen LogP) is 4.40. The number of nitrogens with zero attached hydrogens (tertiary/aromatic N) is 1. The van der Waals surface area contributed by atoms with Gasteiger partial charge in [0, 0.05) is 11.8 Å². The summed E-state index contributed by atoms with van der Waals surface area (Å²) < 4.78 is 13.3. The summed E-state index contributed by atoms with van der Waals surface area (Å²) in [7, 11) is 0. The molecule has 1 aromatic heterocycles. The normalized spacial score (nSPS) is 12.4. The van der Waals surface area contributed by atoms with Gasteiger partial charge in [0.1, 0.15) is 5.82 Å². The summed E-state index contributed by atoms with van der Waals surface area (Å²) in [6.45, 7) is 4.22. The Morgan fingerprint density at radius 3 is 2.71 bits per heavy atom. The van der Waals surface area contributed by atoms with Gasteiger partial charge in [0.15, 0.2) is 0 Å². The second-order valence-electron chi connectivity index (χ2n) is 4.26. The molecular formula is C15H16FN. The smallest absolute Gasteiger partial charge is 0.123 e. The van der Waals surface area contributed by atoms with Gasteiger partial charge in [0.2, 0.25) is 0 Å². The third kappa shape index (κ3) is 2.52. The Hall–Kier alpha value is -1.70. The Bertz CT molecular complexity index is 494. The molecule has 1 aromatic carbocycles. The van der Waals surface area contributed by atoms with Crippen LogP contribution in [0.15, 0.2) is 42.6 Å². The van der Waals surface area contributed by atoms with Crippen molar-refractivity contribution >= 4 is 0 Å². The topological polar surface area (TPSA) is 12.9 Å². The minimum Gasteiger partial charge on any atom is -0.256 e. The molecule has 0 amide bonds. The zero-order valence-electron chi connectivity index (χ0n) is 10.2. The van der Waals surface area contributed by atoms with Crippen molar-refractivity contribution in [3.63, 3.8) is 0 Å². The van der Waals surface area contributed by atoms with E-state index in [1.807, 2.05) is 24.3 Å². The molecule has 0 aliphatic heterocycles. The molecule has 2 heteroatoms. The van der Waals surface area contributed by atoms with Gasteiger partial charge in [0.05, 0.1) is 5.69 Å². The van der Waals surface area contributed by atoms with E-state index in [0.717, 1.165) is 23.2 Å². The van der Waals surface area contributed by atoms with E-state index in [2.05, 4.69) is 18.8 Å². The molecule has 0 aliphatic carbocycles. The van der Waals surface area contributed by atoms with Gasteiger partial charge in [-0.05, 0) is 48.2 Å². The monoisotopic (exact) mass is 229 g/mol. The van der Waals surface area contributed by atoms with E-state index in [1.54, 1.807) is 12.3 Å². The van der Waals surface area contributed by atoms with Crippen LogP contribution < -0.4 is 0 Å². The summed E-state index contributed by atoms with van der Waals surface area (Å²) >= 11 is 0. The van der Waals surface area contributed by atoms with Gasteiger partial charge >= 0.3 is 0 Å². The lowest BCUT2D eigenvalue weighted by Crippen LogP contribution is -1.97. The third-order valence-electron chi connectivity index (χ3n) is 3.10.